The molecule has 0 atom stereocenters. The lowest BCUT2D eigenvalue weighted by Crippen LogP contribution is -2.21. The van der Waals surface area contributed by atoms with E-state index in [0.717, 1.165) is 15.7 Å². The molecule has 0 unspecified atom stereocenters. The summed E-state index contributed by atoms with van der Waals surface area (Å²) in [4.78, 5) is 16.7. The molecule has 0 saturated carbocycles. The molecule has 1 aromatic carbocycles. The smallest absolute Gasteiger partial charge is 0.260 e. The van der Waals surface area contributed by atoms with Crippen LogP contribution in [-0.4, -0.2) is 16.5 Å². The second-order valence-electron chi connectivity index (χ2n) is 6.42. The third-order valence-electron chi connectivity index (χ3n) is 4.30. The molecule has 0 spiro atoms. The van der Waals surface area contributed by atoms with Crippen LogP contribution >= 0.6 is 15.9 Å². The number of rotatable bonds is 1. The van der Waals surface area contributed by atoms with Crippen molar-refractivity contribution >= 4 is 38.7 Å². The summed E-state index contributed by atoms with van der Waals surface area (Å²) in [5, 5.41) is 2.69. The van der Waals surface area contributed by atoms with Gasteiger partial charge in [0.1, 0.15) is 21.8 Å². The Morgan fingerprint density at radius 1 is 1.24 bits per heavy atom. The Kier molecular flexibility index (Phi) is 3.54. The fourth-order valence-electron chi connectivity index (χ4n) is 3.14. The van der Waals surface area contributed by atoms with Gasteiger partial charge in [0.2, 0.25) is 0 Å². The third kappa shape index (κ3) is 2.66. The number of hydrogen-bond donors (Lipinski definition) is 1. The molecule has 2 aliphatic rings. The monoisotopic (exact) mass is 400 g/mol. The number of carbonyl (C=O) groups excluding carboxylic acids is 1. The number of aromatic nitrogens is 1. The lowest BCUT2D eigenvalue weighted by Gasteiger charge is -2.23. The van der Waals surface area contributed by atoms with Gasteiger partial charge in [0, 0.05) is 22.9 Å². The van der Waals surface area contributed by atoms with Crippen LogP contribution in [0.25, 0.3) is 11.1 Å². The van der Waals surface area contributed by atoms with E-state index in [4.69, 9.17) is 4.74 Å². The summed E-state index contributed by atoms with van der Waals surface area (Å²) in [6.45, 7) is 3.87. The molecule has 1 aromatic heterocycles. The number of allylic oxidation sites excluding steroid dienone is 1. The zero-order valence-corrected chi connectivity index (χ0v) is 15.1. The SMILES string of the molecule is CC1(C)O/C(=C2/C(=O)Nc3cc(F)ccc32)C=C1c1ccc(Br)nc1. The molecule has 25 heavy (non-hydrogen) atoms. The van der Waals surface area contributed by atoms with Crippen molar-refractivity contribution in [2.75, 3.05) is 5.32 Å². The van der Waals surface area contributed by atoms with E-state index in [9.17, 15) is 9.18 Å². The number of amides is 1. The van der Waals surface area contributed by atoms with E-state index in [-0.39, 0.29) is 5.91 Å². The molecule has 2 aromatic rings. The minimum Gasteiger partial charge on any atom is -0.482 e. The summed E-state index contributed by atoms with van der Waals surface area (Å²) in [7, 11) is 0. The van der Waals surface area contributed by atoms with Gasteiger partial charge in [-0.2, -0.15) is 0 Å². The summed E-state index contributed by atoms with van der Waals surface area (Å²) < 4.78 is 20.2. The molecule has 0 saturated heterocycles. The Balaban J connectivity index is 1.86. The van der Waals surface area contributed by atoms with Gasteiger partial charge in [-0.1, -0.05) is 6.07 Å². The number of pyridine rings is 1. The molecule has 1 N–H and O–H groups in total. The van der Waals surface area contributed by atoms with Crippen LogP contribution in [0.4, 0.5) is 10.1 Å². The van der Waals surface area contributed by atoms with Crippen molar-refractivity contribution in [2.24, 2.45) is 0 Å². The van der Waals surface area contributed by atoms with Crippen LogP contribution in [0.1, 0.15) is 25.0 Å². The number of nitrogens with one attached hydrogen (secondary N) is 1. The second-order valence-corrected chi connectivity index (χ2v) is 7.24. The van der Waals surface area contributed by atoms with Gasteiger partial charge in [-0.3, -0.25) is 4.79 Å². The number of benzene rings is 1. The van der Waals surface area contributed by atoms with E-state index in [2.05, 4.69) is 26.2 Å². The van der Waals surface area contributed by atoms with Crippen molar-refractivity contribution in [3.8, 4) is 0 Å². The van der Waals surface area contributed by atoms with Crippen molar-refractivity contribution in [2.45, 2.75) is 19.4 Å². The van der Waals surface area contributed by atoms with E-state index in [0.29, 0.717) is 22.6 Å². The molecule has 6 heteroatoms. The van der Waals surface area contributed by atoms with Gasteiger partial charge in [-0.15, -0.1) is 0 Å². The fraction of sp³-hybridized carbons (Fsp3) is 0.158. The Morgan fingerprint density at radius 2 is 2.04 bits per heavy atom. The third-order valence-corrected chi connectivity index (χ3v) is 4.77. The molecule has 0 radical (unpaired) electrons. The summed E-state index contributed by atoms with van der Waals surface area (Å²) in [6.07, 6.45) is 3.62. The molecule has 126 valence electrons. The van der Waals surface area contributed by atoms with Gasteiger partial charge in [0.15, 0.2) is 0 Å². The standard InChI is InChI=1S/C19H14BrFN2O2/c1-19(2)13(10-3-6-16(20)22-9-10)8-15(25-19)17-12-5-4-11(21)7-14(12)23-18(17)24/h3-9H,1-2H3,(H,23,24)/b17-15+. The first kappa shape index (κ1) is 16.0. The number of hydrogen-bond acceptors (Lipinski definition) is 3. The summed E-state index contributed by atoms with van der Waals surface area (Å²) in [5.41, 5.74) is 2.76. The molecular weight excluding hydrogens is 387 g/mol. The van der Waals surface area contributed by atoms with Crippen LogP contribution in [0.5, 0.6) is 0 Å². The number of ether oxygens (including phenoxy) is 1. The van der Waals surface area contributed by atoms with Crippen molar-refractivity contribution in [1.29, 1.82) is 0 Å². The van der Waals surface area contributed by atoms with E-state index in [1.807, 2.05) is 32.1 Å². The highest BCUT2D eigenvalue weighted by Crippen LogP contribution is 2.44. The van der Waals surface area contributed by atoms with Gasteiger partial charge >= 0.3 is 0 Å². The quantitative estimate of drug-likeness (QED) is 0.564. The number of nitrogens with zero attached hydrogens (tertiary/aromatic N) is 1. The minimum atomic E-state index is -0.610. The van der Waals surface area contributed by atoms with Gasteiger partial charge < -0.3 is 10.1 Å². The van der Waals surface area contributed by atoms with Crippen LogP contribution in [0.3, 0.4) is 0 Å². The lowest BCUT2D eigenvalue weighted by molar-refractivity contribution is -0.111. The first-order valence-corrected chi connectivity index (χ1v) is 8.53. The van der Waals surface area contributed by atoms with Gasteiger partial charge in [-0.05, 0) is 60.1 Å². The Morgan fingerprint density at radius 3 is 2.76 bits per heavy atom. The average molecular weight is 401 g/mol. The van der Waals surface area contributed by atoms with E-state index in [1.165, 1.54) is 12.1 Å². The molecule has 0 fully saturated rings. The highest BCUT2D eigenvalue weighted by atomic mass is 79.9. The van der Waals surface area contributed by atoms with Gasteiger partial charge in [0.05, 0.1) is 11.3 Å². The molecule has 3 heterocycles. The fourth-order valence-corrected chi connectivity index (χ4v) is 3.38. The molecular formula is C19H14BrFN2O2. The minimum absolute atomic E-state index is 0.294. The largest absolute Gasteiger partial charge is 0.482 e. The molecule has 4 rings (SSSR count). The highest BCUT2D eigenvalue weighted by molar-refractivity contribution is 9.10. The van der Waals surface area contributed by atoms with Crippen molar-refractivity contribution < 1.29 is 13.9 Å². The Labute approximate surface area is 152 Å². The normalized spacial score (nSPS) is 20.8. The van der Waals surface area contributed by atoms with Crippen LogP contribution in [-0.2, 0) is 9.53 Å². The molecule has 0 bridgehead atoms. The molecule has 4 nitrogen and oxygen atoms in total. The maximum Gasteiger partial charge on any atom is 0.260 e. The highest BCUT2D eigenvalue weighted by Gasteiger charge is 2.38. The summed E-state index contributed by atoms with van der Waals surface area (Å²) >= 11 is 3.33. The van der Waals surface area contributed by atoms with Crippen LogP contribution in [0.15, 0.2) is 53.0 Å². The predicted octanol–water partition coefficient (Wildman–Crippen LogP) is 4.54. The van der Waals surface area contributed by atoms with Crippen molar-refractivity contribution in [1.82, 2.24) is 4.98 Å². The maximum absolute atomic E-state index is 13.4. The molecule has 0 aliphatic carbocycles. The topological polar surface area (TPSA) is 51.2 Å². The van der Waals surface area contributed by atoms with Crippen LogP contribution in [0, 0.1) is 5.82 Å². The van der Waals surface area contributed by atoms with Crippen LogP contribution < -0.4 is 5.32 Å². The summed E-state index contributed by atoms with van der Waals surface area (Å²) in [5.74, 6) is -0.209. The zero-order chi connectivity index (χ0) is 17.8. The lowest BCUT2D eigenvalue weighted by atomic mass is 9.93. The van der Waals surface area contributed by atoms with Crippen molar-refractivity contribution in [3.05, 3.63) is 69.9 Å². The van der Waals surface area contributed by atoms with Crippen molar-refractivity contribution in [3.63, 3.8) is 0 Å². The first-order valence-electron chi connectivity index (χ1n) is 7.74. The van der Waals surface area contributed by atoms with E-state index < -0.39 is 11.4 Å². The Hall–Kier alpha value is -2.47. The number of halogens is 2. The number of fused-ring (bicyclic) bond motifs is 1. The predicted molar refractivity (Wildman–Crippen MR) is 97.0 cm³/mol. The average Bonchev–Trinajstić information content (AvgIpc) is 3.03. The summed E-state index contributed by atoms with van der Waals surface area (Å²) in [6, 6.07) is 8.04. The molecule has 1 amide bonds. The van der Waals surface area contributed by atoms with Gasteiger partial charge in [-0.25, -0.2) is 9.37 Å². The van der Waals surface area contributed by atoms with Gasteiger partial charge in [0.25, 0.3) is 5.91 Å². The first-order chi connectivity index (χ1) is 11.8. The number of anilines is 1. The molecule has 2 aliphatic heterocycles. The number of carbonyl (C=O) groups is 1. The Bertz CT molecular complexity index is 962. The zero-order valence-electron chi connectivity index (χ0n) is 13.6. The van der Waals surface area contributed by atoms with E-state index in [1.54, 1.807) is 12.3 Å². The van der Waals surface area contributed by atoms with E-state index >= 15 is 0 Å². The maximum atomic E-state index is 13.4. The second kappa shape index (κ2) is 5.52. The van der Waals surface area contributed by atoms with Crippen LogP contribution in [0.2, 0.25) is 0 Å².